The molecule has 0 bridgehead atoms. The number of fused-ring (bicyclic) bond motifs is 2. The van der Waals surface area contributed by atoms with Gasteiger partial charge in [0, 0.05) is 16.0 Å². The van der Waals surface area contributed by atoms with Gasteiger partial charge in [0.1, 0.15) is 36.5 Å². The number of H-pyrrole nitrogens is 1. The van der Waals surface area contributed by atoms with Gasteiger partial charge in [0.15, 0.2) is 29.2 Å². The molecule has 0 spiro atoms. The van der Waals surface area contributed by atoms with Crippen LogP contribution in [0.15, 0.2) is 17.3 Å². The van der Waals surface area contributed by atoms with Crippen molar-refractivity contribution in [2.75, 3.05) is 24.9 Å². The zero-order valence-corrected chi connectivity index (χ0v) is 24.1. The Morgan fingerprint density at radius 3 is 2.98 bits per heavy atom. The highest BCUT2D eigenvalue weighted by Gasteiger charge is 2.50. The Kier molecular flexibility index (Phi) is 9.01. The molecule has 0 amide bonds. The number of ether oxygens (including phenoxy) is 2. The van der Waals surface area contributed by atoms with Crippen LogP contribution in [0.2, 0.25) is 0 Å². The number of aromatic nitrogens is 9. The topological polar surface area (TPSA) is 212 Å². The van der Waals surface area contributed by atoms with Gasteiger partial charge in [0.2, 0.25) is 5.95 Å². The maximum absolute atomic E-state index is 15.6. The average molecular weight is 637 g/mol. The van der Waals surface area contributed by atoms with Crippen LogP contribution >= 0.6 is 28.8 Å². The normalized spacial score (nSPS) is 22.8. The van der Waals surface area contributed by atoms with Crippen molar-refractivity contribution in [3.63, 3.8) is 0 Å². The highest BCUT2D eigenvalue weighted by Crippen LogP contribution is 2.50. The molecule has 0 saturated carbocycles. The molecule has 40 heavy (non-hydrogen) atoms. The number of hydrogen-bond donors (Lipinski definition) is 4. The Hall–Kier alpha value is -2.25. The third kappa shape index (κ3) is 6.01. The van der Waals surface area contributed by atoms with E-state index in [9.17, 15) is 9.69 Å². The summed E-state index contributed by atoms with van der Waals surface area (Å²) in [5.41, 5.74) is 5.74. The SMILES string of the molecule is Nc1nc2c(nnn2[C@@H]2O[C@H](COCS)[C@@H](F)[C@H]2OP(O)(=S)OCc2nc3cncnc3n2CCOP)c(=O)[nH]1. The monoisotopic (exact) mass is 636 g/mol. The molecule has 1 saturated heterocycles. The lowest BCUT2D eigenvalue weighted by Gasteiger charge is -2.24. The van der Waals surface area contributed by atoms with Gasteiger partial charge in [-0.25, -0.2) is 19.3 Å². The molecule has 0 aromatic carbocycles. The number of rotatable bonds is 12. The molecular weight excluding hydrogens is 613 g/mol. The molecule has 6 atom stereocenters. The van der Waals surface area contributed by atoms with Crippen LogP contribution in [0, 0.1) is 0 Å². The zero-order chi connectivity index (χ0) is 28.4. The number of aromatic amines is 1. The molecule has 4 aromatic heterocycles. The summed E-state index contributed by atoms with van der Waals surface area (Å²) < 4.78 is 45.6. The Morgan fingerprint density at radius 1 is 1.38 bits per heavy atom. The van der Waals surface area contributed by atoms with Gasteiger partial charge >= 0.3 is 6.72 Å². The summed E-state index contributed by atoms with van der Waals surface area (Å²) in [4.78, 5) is 42.1. The summed E-state index contributed by atoms with van der Waals surface area (Å²) in [5.74, 6) is 0.122. The first-order chi connectivity index (χ1) is 19.2. The van der Waals surface area contributed by atoms with E-state index in [1.165, 1.54) is 12.5 Å². The van der Waals surface area contributed by atoms with Crippen LogP contribution in [0.4, 0.5) is 10.3 Å². The van der Waals surface area contributed by atoms with Gasteiger partial charge in [-0.2, -0.15) is 22.3 Å². The van der Waals surface area contributed by atoms with E-state index in [2.05, 4.69) is 57.3 Å². The molecule has 22 heteroatoms. The molecule has 1 aliphatic heterocycles. The first-order valence-corrected chi connectivity index (χ1v) is 15.1. The molecule has 5 rings (SSSR count). The number of imidazole rings is 1. The minimum atomic E-state index is -4.15. The van der Waals surface area contributed by atoms with Crippen molar-refractivity contribution in [2.45, 2.75) is 37.8 Å². The molecule has 0 aliphatic carbocycles. The summed E-state index contributed by atoms with van der Waals surface area (Å²) in [6.07, 6.45) is -3.10. The first kappa shape index (κ1) is 29.2. The first-order valence-electron chi connectivity index (χ1n) is 11.4. The molecule has 17 nitrogen and oxygen atoms in total. The third-order valence-corrected chi connectivity index (χ3v) is 7.72. The van der Waals surface area contributed by atoms with Crippen LogP contribution in [0.1, 0.15) is 12.1 Å². The van der Waals surface area contributed by atoms with E-state index < -0.39 is 36.9 Å². The van der Waals surface area contributed by atoms with Gasteiger partial charge in [0.05, 0.1) is 25.3 Å². The van der Waals surface area contributed by atoms with Crippen molar-refractivity contribution in [3.05, 3.63) is 28.7 Å². The highest BCUT2D eigenvalue weighted by molar-refractivity contribution is 8.07. The van der Waals surface area contributed by atoms with E-state index in [1.54, 1.807) is 4.57 Å². The number of hydrogen-bond acceptors (Lipinski definition) is 15. The minimum absolute atomic E-state index is 0.00326. The largest absolute Gasteiger partial charge is 0.369 e. The van der Waals surface area contributed by atoms with E-state index in [4.69, 9.17) is 40.6 Å². The summed E-state index contributed by atoms with van der Waals surface area (Å²) >= 11 is 9.18. The lowest BCUT2D eigenvalue weighted by Crippen LogP contribution is -2.32. The molecule has 1 fully saturated rings. The second-order valence-electron chi connectivity index (χ2n) is 8.26. The van der Waals surface area contributed by atoms with Crippen LogP contribution in [0.5, 0.6) is 0 Å². The number of nitrogens with zero attached hydrogens (tertiary/aromatic N) is 8. The molecular formula is C18H23FN10O7P2S2. The van der Waals surface area contributed by atoms with Crippen molar-refractivity contribution in [1.29, 1.82) is 0 Å². The second-order valence-corrected chi connectivity index (χ2v) is 11.6. The van der Waals surface area contributed by atoms with Crippen LogP contribution in [-0.4, -0.2) is 86.9 Å². The van der Waals surface area contributed by atoms with Gasteiger partial charge < -0.3 is 33.7 Å². The fourth-order valence-corrected chi connectivity index (χ4v) is 5.61. The van der Waals surface area contributed by atoms with Gasteiger partial charge in [-0.3, -0.25) is 14.3 Å². The second kappa shape index (κ2) is 12.3. The quantitative estimate of drug-likeness (QED) is 0.0916. The van der Waals surface area contributed by atoms with E-state index in [1.807, 2.05) is 0 Å². The summed E-state index contributed by atoms with van der Waals surface area (Å²) in [7, 11) is 2.15. The van der Waals surface area contributed by atoms with E-state index in [0.29, 0.717) is 30.1 Å². The molecule has 1 aliphatic rings. The Labute approximate surface area is 236 Å². The molecule has 216 valence electrons. The van der Waals surface area contributed by atoms with E-state index in [0.717, 1.165) is 4.68 Å². The van der Waals surface area contributed by atoms with Gasteiger partial charge in [-0.05, 0) is 11.8 Å². The zero-order valence-electron chi connectivity index (χ0n) is 20.3. The van der Waals surface area contributed by atoms with E-state index in [-0.39, 0.29) is 36.3 Å². The average Bonchev–Trinajstić information content (AvgIpc) is 3.59. The molecule has 5 heterocycles. The van der Waals surface area contributed by atoms with Crippen molar-refractivity contribution in [1.82, 2.24) is 44.5 Å². The Balaban J connectivity index is 1.41. The van der Waals surface area contributed by atoms with Crippen molar-refractivity contribution in [2.24, 2.45) is 0 Å². The standard InChI is InChI=1S/C18H23FN10O7P2S2/c19-11-9(4-32-7-39)35-17(29-15-12(26-27-29)16(30)25-18(20)24-15)13(11)36-38(31,40)34-5-10-23-8-3-21-6-22-14(8)28(10)1-2-33-37/h3,6,9,11,13,17,39H,1-2,4-5,7,37H2,(H,31,40)(H3,20,24,25,30)/t9-,11-,13-,17-,38?/m1/s1. The number of nitrogen functional groups attached to an aromatic ring is 1. The number of thiol groups is 1. The van der Waals surface area contributed by atoms with E-state index >= 15 is 4.39 Å². The summed E-state index contributed by atoms with van der Waals surface area (Å²) in [6, 6.07) is 0. The molecule has 2 unspecified atom stereocenters. The Bertz CT molecular complexity index is 1610. The maximum atomic E-state index is 15.6. The highest BCUT2D eigenvalue weighted by atomic mass is 32.5. The Morgan fingerprint density at radius 2 is 2.20 bits per heavy atom. The van der Waals surface area contributed by atoms with Crippen LogP contribution < -0.4 is 11.3 Å². The summed E-state index contributed by atoms with van der Waals surface area (Å²) in [6.45, 7) is -3.99. The summed E-state index contributed by atoms with van der Waals surface area (Å²) in [5, 5.41) is 7.67. The number of alkyl halides is 1. The lowest BCUT2D eigenvalue weighted by molar-refractivity contribution is -0.0615. The van der Waals surface area contributed by atoms with Crippen LogP contribution in [-0.2, 0) is 48.0 Å². The third-order valence-electron chi connectivity index (χ3n) is 5.77. The van der Waals surface area contributed by atoms with Crippen molar-refractivity contribution in [3.8, 4) is 0 Å². The number of halogens is 1. The molecule has 4 N–H and O–H groups in total. The smallest absolute Gasteiger partial charge is 0.325 e. The lowest BCUT2D eigenvalue weighted by atomic mass is 10.1. The fourth-order valence-electron chi connectivity index (χ4n) is 4.07. The predicted molar refractivity (Wildman–Crippen MR) is 146 cm³/mol. The molecule has 4 aromatic rings. The minimum Gasteiger partial charge on any atom is -0.369 e. The van der Waals surface area contributed by atoms with Gasteiger partial charge in [-0.1, -0.05) is 5.21 Å². The number of nitrogens with two attached hydrogens (primary N) is 1. The number of anilines is 1. The van der Waals surface area contributed by atoms with Crippen LogP contribution in [0.3, 0.4) is 0 Å². The molecule has 0 radical (unpaired) electrons. The number of nitrogens with one attached hydrogen (secondary N) is 1. The fraction of sp³-hybridized carbons (Fsp3) is 0.500. The van der Waals surface area contributed by atoms with Crippen LogP contribution in [0.25, 0.3) is 22.3 Å². The van der Waals surface area contributed by atoms with Gasteiger partial charge in [-0.15, -0.1) is 5.10 Å². The maximum Gasteiger partial charge on any atom is 0.325 e. The van der Waals surface area contributed by atoms with Crippen molar-refractivity contribution < 1.29 is 32.3 Å². The van der Waals surface area contributed by atoms with Gasteiger partial charge in [0.25, 0.3) is 5.56 Å². The predicted octanol–water partition coefficient (Wildman–Crippen LogP) is 0.00140. The van der Waals surface area contributed by atoms with Crippen molar-refractivity contribution >= 4 is 68.9 Å².